The van der Waals surface area contributed by atoms with Crippen LogP contribution in [0.1, 0.15) is 16.8 Å². The molecule has 0 radical (unpaired) electrons. The largest absolute Gasteiger partial charge is 0.497 e. The van der Waals surface area contributed by atoms with E-state index >= 15 is 0 Å². The van der Waals surface area contributed by atoms with Crippen molar-refractivity contribution in [2.45, 2.75) is 20.0 Å². The van der Waals surface area contributed by atoms with E-state index in [1.165, 1.54) is 10.9 Å². The van der Waals surface area contributed by atoms with E-state index in [1.807, 2.05) is 44.4 Å². The molecule has 0 aliphatic rings. The first-order chi connectivity index (χ1) is 13.5. The van der Waals surface area contributed by atoms with E-state index in [9.17, 15) is 4.79 Å². The molecule has 2 aromatic carbocycles. The topological polar surface area (TPSA) is 46.8 Å². The normalized spacial score (nSPS) is 11.4. The molecule has 2 heterocycles. The smallest absolute Gasteiger partial charge is 0.258 e. The monoisotopic (exact) mass is 373 g/mol. The predicted molar refractivity (Wildman–Crippen MR) is 112 cm³/mol. The van der Waals surface area contributed by atoms with Gasteiger partial charge < -0.3 is 4.74 Å². The van der Waals surface area contributed by atoms with Crippen LogP contribution < -0.4 is 10.3 Å². The van der Waals surface area contributed by atoms with E-state index in [4.69, 9.17) is 4.74 Å². The van der Waals surface area contributed by atoms with Crippen molar-refractivity contribution in [3.63, 3.8) is 0 Å². The maximum atomic E-state index is 12.4. The lowest BCUT2D eigenvalue weighted by Crippen LogP contribution is -2.22. The minimum absolute atomic E-state index is 0.0447. The lowest BCUT2D eigenvalue weighted by atomic mass is 10.1. The van der Waals surface area contributed by atoms with E-state index in [1.54, 1.807) is 17.6 Å². The Balaban J connectivity index is 1.53. The number of benzene rings is 2. The van der Waals surface area contributed by atoms with E-state index in [0.717, 1.165) is 28.9 Å². The van der Waals surface area contributed by atoms with Gasteiger partial charge in [-0.3, -0.25) is 14.1 Å². The molecule has 0 aliphatic carbocycles. The molecule has 0 unspecified atom stereocenters. The molecule has 5 nitrogen and oxygen atoms in total. The van der Waals surface area contributed by atoms with Crippen molar-refractivity contribution in [2.75, 3.05) is 14.2 Å². The Labute approximate surface area is 163 Å². The number of aromatic nitrogens is 2. The SMILES string of the molecule is COc1ccc2cc(CN(C)Cc3cc(=O)n4cc(C)ccc4n3)ccc2c1. The van der Waals surface area contributed by atoms with E-state index < -0.39 is 0 Å². The molecule has 28 heavy (non-hydrogen) atoms. The van der Waals surface area contributed by atoms with Crippen LogP contribution in [-0.2, 0) is 13.1 Å². The molecule has 0 spiro atoms. The minimum Gasteiger partial charge on any atom is -0.497 e. The van der Waals surface area contributed by atoms with Gasteiger partial charge in [-0.25, -0.2) is 4.98 Å². The van der Waals surface area contributed by atoms with Gasteiger partial charge in [0.25, 0.3) is 5.56 Å². The lowest BCUT2D eigenvalue weighted by Gasteiger charge is -2.17. The molecule has 0 N–H and O–H groups in total. The number of ether oxygens (including phenoxy) is 1. The van der Waals surface area contributed by atoms with E-state index in [-0.39, 0.29) is 5.56 Å². The number of hydrogen-bond donors (Lipinski definition) is 0. The van der Waals surface area contributed by atoms with Crippen molar-refractivity contribution in [3.05, 3.63) is 88.0 Å². The summed E-state index contributed by atoms with van der Waals surface area (Å²) in [5.74, 6) is 0.862. The van der Waals surface area contributed by atoms with Crippen LogP contribution >= 0.6 is 0 Å². The van der Waals surface area contributed by atoms with Crippen LogP contribution in [0.5, 0.6) is 5.75 Å². The van der Waals surface area contributed by atoms with Gasteiger partial charge in [-0.15, -0.1) is 0 Å². The second-order valence-corrected chi connectivity index (χ2v) is 7.24. The van der Waals surface area contributed by atoms with E-state index in [0.29, 0.717) is 12.2 Å². The Bertz CT molecular complexity index is 1210. The maximum Gasteiger partial charge on any atom is 0.258 e. The van der Waals surface area contributed by atoms with Crippen LogP contribution in [0.3, 0.4) is 0 Å². The van der Waals surface area contributed by atoms with Crippen LogP contribution in [0.25, 0.3) is 16.4 Å². The van der Waals surface area contributed by atoms with Crippen LogP contribution in [0, 0.1) is 6.92 Å². The Morgan fingerprint density at radius 3 is 2.61 bits per heavy atom. The van der Waals surface area contributed by atoms with Crippen molar-refractivity contribution in [2.24, 2.45) is 0 Å². The summed E-state index contributed by atoms with van der Waals surface area (Å²) in [5.41, 5.74) is 3.67. The molecule has 4 rings (SSSR count). The van der Waals surface area contributed by atoms with Crippen molar-refractivity contribution in [3.8, 4) is 5.75 Å². The molecule has 0 saturated carbocycles. The lowest BCUT2D eigenvalue weighted by molar-refractivity contribution is 0.315. The van der Waals surface area contributed by atoms with Crippen molar-refractivity contribution in [1.29, 1.82) is 0 Å². The zero-order valence-electron chi connectivity index (χ0n) is 16.3. The molecule has 142 valence electrons. The van der Waals surface area contributed by atoms with Crippen molar-refractivity contribution < 1.29 is 4.74 Å². The summed E-state index contributed by atoms with van der Waals surface area (Å²) in [7, 11) is 3.72. The van der Waals surface area contributed by atoms with Gasteiger partial charge in [-0.2, -0.15) is 0 Å². The fourth-order valence-electron chi connectivity index (χ4n) is 3.48. The summed E-state index contributed by atoms with van der Waals surface area (Å²) in [6, 6.07) is 18.0. The van der Waals surface area contributed by atoms with Gasteiger partial charge in [0.15, 0.2) is 0 Å². The van der Waals surface area contributed by atoms with Crippen molar-refractivity contribution >= 4 is 16.4 Å². The molecule has 0 amide bonds. The van der Waals surface area contributed by atoms with Gasteiger partial charge in [0.05, 0.1) is 12.8 Å². The molecule has 0 aliphatic heterocycles. The summed E-state index contributed by atoms with van der Waals surface area (Å²) in [6.45, 7) is 3.35. The number of pyridine rings is 1. The number of methoxy groups -OCH3 is 1. The zero-order chi connectivity index (χ0) is 19.7. The van der Waals surface area contributed by atoms with Gasteiger partial charge in [-0.05, 0) is 60.1 Å². The third kappa shape index (κ3) is 3.75. The molecule has 0 saturated heterocycles. The Kier molecular flexibility index (Phi) is 4.84. The molecular formula is C23H23N3O2. The fourth-order valence-corrected chi connectivity index (χ4v) is 3.48. The summed E-state index contributed by atoms with van der Waals surface area (Å²) in [6.07, 6.45) is 1.82. The van der Waals surface area contributed by atoms with Crippen LogP contribution in [0.15, 0.2) is 65.6 Å². The Morgan fingerprint density at radius 1 is 1.00 bits per heavy atom. The predicted octanol–water partition coefficient (Wildman–Crippen LogP) is 3.80. The summed E-state index contributed by atoms with van der Waals surface area (Å²) < 4.78 is 6.88. The number of aryl methyl sites for hydroxylation is 1. The van der Waals surface area contributed by atoms with Gasteiger partial charge in [-0.1, -0.05) is 24.3 Å². The first-order valence-corrected chi connectivity index (χ1v) is 9.26. The molecule has 0 bridgehead atoms. The minimum atomic E-state index is -0.0447. The first-order valence-electron chi connectivity index (χ1n) is 9.26. The van der Waals surface area contributed by atoms with E-state index in [2.05, 4.69) is 34.1 Å². The third-order valence-corrected chi connectivity index (χ3v) is 4.86. The van der Waals surface area contributed by atoms with Crippen LogP contribution in [0.2, 0.25) is 0 Å². The quantitative estimate of drug-likeness (QED) is 0.534. The highest BCUT2D eigenvalue weighted by Gasteiger charge is 2.07. The van der Waals surface area contributed by atoms with Gasteiger partial charge in [0, 0.05) is 25.4 Å². The Hall–Kier alpha value is -3.18. The molecule has 4 aromatic rings. The number of hydrogen-bond acceptors (Lipinski definition) is 4. The number of rotatable bonds is 5. The second kappa shape index (κ2) is 7.44. The average Bonchev–Trinajstić information content (AvgIpc) is 2.68. The molecule has 5 heteroatoms. The first kappa shape index (κ1) is 18.2. The zero-order valence-corrected chi connectivity index (χ0v) is 16.3. The standard InChI is InChI=1S/C23H23N3O2/c1-16-4-9-22-24-20(12-23(27)26(22)13-16)15-25(2)14-17-5-6-19-11-21(28-3)8-7-18(19)10-17/h4-13H,14-15H2,1-3H3. The van der Waals surface area contributed by atoms with Gasteiger partial charge in [0.1, 0.15) is 11.4 Å². The number of nitrogens with zero attached hydrogens (tertiary/aromatic N) is 3. The molecule has 2 aromatic heterocycles. The molecule has 0 atom stereocenters. The highest BCUT2D eigenvalue weighted by Crippen LogP contribution is 2.22. The second-order valence-electron chi connectivity index (χ2n) is 7.24. The highest BCUT2D eigenvalue weighted by atomic mass is 16.5. The van der Waals surface area contributed by atoms with Crippen LogP contribution in [0.4, 0.5) is 0 Å². The number of fused-ring (bicyclic) bond motifs is 2. The third-order valence-electron chi connectivity index (χ3n) is 4.86. The summed E-state index contributed by atoms with van der Waals surface area (Å²) in [4.78, 5) is 19.2. The highest BCUT2D eigenvalue weighted by molar-refractivity contribution is 5.84. The average molecular weight is 373 g/mol. The molecule has 0 fully saturated rings. The Morgan fingerprint density at radius 2 is 1.79 bits per heavy atom. The van der Waals surface area contributed by atoms with Crippen molar-refractivity contribution in [1.82, 2.24) is 14.3 Å². The van der Waals surface area contributed by atoms with Gasteiger partial charge in [0.2, 0.25) is 0 Å². The summed E-state index contributed by atoms with van der Waals surface area (Å²) >= 11 is 0. The summed E-state index contributed by atoms with van der Waals surface area (Å²) in [5, 5.41) is 2.34. The van der Waals surface area contributed by atoms with Crippen LogP contribution in [-0.4, -0.2) is 28.4 Å². The fraction of sp³-hybridized carbons (Fsp3) is 0.217. The van der Waals surface area contributed by atoms with Gasteiger partial charge >= 0.3 is 0 Å². The maximum absolute atomic E-state index is 12.4. The molecular weight excluding hydrogens is 350 g/mol.